The number of carbonyl (C=O) groups excluding carboxylic acids is 2. The fourth-order valence-electron chi connectivity index (χ4n) is 2.33. The Balaban J connectivity index is 2.07. The molecule has 18 heavy (non-hydrogen) atoms. The van der Waals surface area contributed by atoms with Gasteiger partial charge in [-0.3, -0.25) is 9.59 Å². The lowest BCUT2D eigenvalue weighted by molar-refractivity contribution is -0.138. The Morgan fingerprint density at radius 1 is 1.50 bits per heavy atom. The van der Waals surface area contributed by atoms with Crippen LogP contribution >= 0.6 is 0 Å². The fraction of sp³-hybridized carbons (Fsp3) is 0.429. The number of nitrogens with two attached hydrogens (primary N) is 1. The topological polar surface area (TPSA) is 63.4 Å². The van der Waals surface area contributed by atoms with Gasteiger partial charge in [0, 0.05) is 19.5 Å². The van der Waals surface area contributed by atoms with Crippen molar-refractivity contribution in [1.82, 2.24) is 4.90 Å². The first-order chi connectivity index (χ1) is 8.56. The van der Waals surface area contributed by atoms with Gasteiger partial charge in [-0.25, -0.2) is 0 Å². The van der Waals surface area contributed by atoms with E-state index in [1.807, 2.05) is 25.1 Å². The smallest absolute Gasteiger partial charge is 0.222 e. The normalized spacial score (nSPS) is 19.9. The average Bonchev–Trinajstić information content (AvgIpc) is 2.31. The van der Waals surface area contributed by atoms with Crippen LogP contribution < -0.4 is 5.73 Å². The molecular formula is C14H18N2O2. The summed E-state index contributed by atoms with van der Waals surface area (Å²) in [5, 5.41) is 0. The zero-order chi connectivity index (χ0) is 13.1. The summed E-state index contributed by atoms with van der Waals surface area (Å²) in [6.07, 6.45) is 0.998. The Kier molecular flexibility index (Phi) is 3.65. The summed E-state index contributed by atoms with van der Waals surface area (Å²) < 4.78 is 0. The lowest BCUT2D eigenvalue weighted by atomic mass is 9.96. The van der Waals surface area contributed by atoms with Crippen molar-refractivity contribution in [3.8, 4) is 0 Å². The van der Waals surface area contributed by atoms with Gasteiger partial charge in [-0.2, -0.15) is 0 Å². The number of benzene rings is 1. The SMILES string of the molecule is Cc1cccc(CN2C[C@@H](C(N)=O)CCC2=O)c1. The lowest BCUT2D eigenvalue weighted by Gasteiger charge is -2.31. The zero-order valence-electron chi connectivity index (χ0n) is 10.6. The van der Waals surface area contributed by atoms with E-state index in [1.54, 1.807) is 4.90 Å². The molecule has 1 aromatic rings. The predicted octanol–water partition coefficient (Wildman–Crippen LogP) is 1.22. The second kappa shape index (κ2) is 5.21. The largest absolute Gasteiger partial charge is 0.369 e. The number of amides is 2. The molecule has 4 heteroatoms. The summed E-state index contributed by atoms with van der Waals surface area (Å²) >= 11 is 0. The van der Waals surface area contributed by atoms with Crippen LogP contribution in [-0.4, -0.2) is 23.3 Å². The van der Waals surface area contributed by atoms with Crippen molar-refractivity contribution < 1.29 is 9.59 Å². The Hall–Kier alpha value is -1.84. The van der Waals surface area contributed by atoms with Crippen molar-refractivity contribution in [3.05, 3.63) is 35.4 Å². The van der Waals surface area contributed by atoms with Crippen LogP contribution in [0.5, 0.6) is 0 Å². The molecule has 0 unspecified atom stereocenters. The zero-order valence-corrected chi connectivity index (χ0v) is 10.6. The highest BCUT2D eigenvalue weighted by molar-refractivity contribution is 5.82. The second-order valence-electron chi connectivity index (χ2n) is 4.90. The van der Waals surface area contributed by atoms with Crippen LogP contribution in [0.1, 0.15) is 24.0 Å². The van der Waals surface area contributed by atoms with Crippen LogP contribution in [-0.2, 0) is 16.1 Å². The number of piperidine rings is 1. The standard InChI is InChI=1S/C14H18N2O2/c1-10-3-2-4-11(7-10)8-16-9-12(14(15)18)5-6-13(16)17/h2-4,7,12H,5-6,8-9H2,1H3,(H2,15,18)/t12-/m0/s1. The van der Waals surface area contributed by atoms with Gasteiger partial charge in [-0.1, -0.05) is 29.8 Å². The van der Waals surface area contributed by atoms with Crippen LogP contribution in [0.3, 0.4) is 0 Å². The summed E-state index contributed by atoms with van der Waals surface area (Å²) in [5.41, 5.74) is 7.58. The highest BCUT2D eigenvalue weighted by Crippen LogP contribution is 2.19. The van der Waals surface area contributed by atoms with E-state index in [2.05, 4.69) is 6.07 Å². The maximum atomic E-state index is 11.8. The molecule has 2 amide bonds. The molecular weight excluding hydrogens is 228 g/mol. The van der Waals surface area contributed by atoms with E-state index in [1.165, 1.54) is 5.56 Å². The molecule has 0 spiro atoms. The minimum Gasteiger partial charge on any atom is -0.369 e. The molecule has 1 aliphatic heterocycles. The Morgan fingerprint density at radius 2 is 2.28 bits per heavy atom. The molecule has 96 valence electrons. The molecule has 1 aromatic carbocycles. The van der Waals surface area contributed by atoms with Crippen molar-refractivity contribution in [2.24, 2.45) is 11.7 Å². The van der Waals surface area contributed by atoms with Crippen molar-refractivity contribution >= 4 is 11.8 Å². The van der Waals surface area contributed by atoms with Crippen molar-refractivity contribution in [2.45, 2.75) is 26.3 Å². The quantitative estimate of drug-likeness (QED) is 0.871. The summed E-state index contributed by atoms with van der Waals surface area (Å²) in [6, 6.07) is 8.05. The average molecular weight is 246 g/mol. The van der Waals surface area contributed by atoms with Crippen LogP contribution in [0, 0.1) is 12.8 Å². The summed E-state index contributed by atoms with van der Waals surface area (Å²) in [5.74, 6) is -0.404. The van der Waals surface area contributed by atoms with E-state index in [-0.39, 0.29) is 17.7 Å². The number of carbonyl (C=O) groups is 2. The number of aryl methyl sites for hydroxylation is 1. The molecule has 0 aromatic heterocycles. The first-order valence-corrected chi connectivity index (χ1v) is 6.19. The molecule has 2 rings (SSSR count). The highest BCUT2D eigenvalue weighted by atomic mass is 16.2. The Labute approximate surface area is 107 Å². The van der Waals surface area contributed by atoms with Gasteiger partial charge in [-0.05, 0) is 18.9 Å². The third-order valence-corrected chi connectivity index (χ3v) is 3.36. The van der Waals surface area contributed by atoms with E-state index in [4.69, 9.17) is 5.73 Å². The molecule has 1 heterocycles. The number of likely N-dealkylation sites (tertiary alicyclic amines) is 1. The number of hydrogen-bond donors (Lipinski definition) is 1. The van der Waals surface area contributed by atoms with Crippen LogP contribution in [0.4, 0.5) is 0 Å². The van der Waals surface area contributed by atoms with Crippen molar-refractivity contribution in [2.75, 3.05) is 6.54 Å². The maximum absolute atomic E-state index is 11.8. The molecule has 2 N–H and O–H groups in total. The van der Waals surface area contributed by atoms with Gasteiger partial charge in [0.1, 0.15) is 0 Å². The van der Waals surface area contributed by atoms with Gasteiger partial charge in [0.15, 0.2) is 0 Å². The fourth-order valence-corrected chi connectivity index (χ4v) is 2.33. The summed E-state index contributed by atoms with van der Waals surface area (Å²) in [6.45, 7) is 3.03. The third-order valence-electron chi connectivity index (χ3n) is 3.36. The predicted molar refractivity (Wildman–Crippen MR) is 68.5 cm³/mol. The lowest BCUT2D eigenvalue weighted by Crippen LogP contribution is -2.43. The Bertz CT molecular complexity index is 471. The van der Waals surface area contributed by atoms with Crippen molar-refractivity contribution in [3.63, 3.8) is 0 Å². The van der Waals surface area contributed by atoms with Crippen LogP contribution in [0.2, 0.25) is 0 Å². The number of rotatable bonds is 3. The van der Waals surface area contributed by atoms with E-state index in [0.717, 1.165) is 5.56 Å². The first kappa shape index (κ1) is 12.6. The Morgan fingerprint density at radius 3 is 2.94 bits per heavy atom. The van der Waals surface area contributed by atoms with Crippen LogP contribution in [0.15, 0.2) is 24.3 Å². The maximum Gasteiger partial charge on any atom is 0.222 e. The molecule has 1 atom stereocenters. The van der Waals surface area contributed by atoms with E-state index < -0.39 is 0 Å². The molecule has 1 fully saturated rings. The van der Waals surface area contributed by atoms with Gasteiger partial charge in [0.05, 0.1) is 5.92 Å². The van der Waals surface area contributed by atoms with Gasteiger partial charge in [0.2, 0.25) is 11.8 Å². The minimum atomic E-state index is -0.309. The molecule has 0 aliphatic carbocycles. The van der Waals surface area contributed by atoms with E-state index >= 15 is 0 Å². The monoisotopic (exact) mass is 246 g/mol. The molecule has 1 saturated heterocycles. The van der Waals surface area contributed by atoms with Gasteiger partial charge >= 0.3 is 0 Å². The van der Waals surface area contributed by atoms with Crippen LogP contribution in [0.25, 0.3) is 0 Å². The highest BCUT2D eigenvalue weighted by Gasteiger charge is 2.28. The molecule has 4 nitrogen and oxygen atoms in total. The minimum absolute atomic E-state index is 0.106. The van der Waals surface area contributed by atoms with E-state index in [0.29, 0.717) is 25.9 Å². The van der Waals surface area contributed by atoms with Crippen molar-refractivity contribution in [1.29, 1.82) is 0 Å². The summed E-state index contributed by atoms with van der Waals surface area (Å²) in [7, 11) is 0. The number of hydrogen-bond acceptors (Lipinski definition) is 2. The number of nitrogens with zero attached hydrogens (tertiary/aromatic N) is 1. The molecule has 1 aliphatic rings. The van der Waals surface area contributed by atoms with Gasteiger partial charge in [-0.15, -0.1) is 0 Å². The molecule has 0 radical (unpaired) electrons. The third kappa shape index (κ3) is 2.88. The second-order valence-corrected chi connectivity index (χ2v) is 4.90. The molecule has 0 saturated carbocycles. The first-order valence-electron chi connectivity index (χ1n) is 6.19. The number of primary amides is 1. The van der Waals surface area contributed by atoms with Gasteiger partial charge in [0.25, 0.3) is 0 Å². The molecule has 0 bridgehead atoms. The van der Waals surface area contributed by atoms with E-state index in [9.17, 15) is 9.59 Å². The van der Waals surface area contributed by atoms with Gasteiger partial charge < -0.3 is 10.6 Å². The summed E-state index contributed by atoms with van der Waals surface area (Å²) in [4.78, 5) is 24.8.